The van der Waals surface area contributed by atoms with Gasteiger partial charge >= 0.3 is 0 Å². The second kappa shape index (κ2) is 10.1. The number of phenols is 1. The monoisotopic (exact) mass is 464 g/mol. The maximum atomic E-state index is 13.1. The quantitative estimate of drug-likeness (QED) is 0.451. The van der Waals surface area contributed by atoms with Crippen LogP contribution in [0.5, 0.6) is 5.75 Å². The van der Waals surface area contributed by atoms with Crippen molar-refractivity contribution >= 4 is 16.0 Å². The lowest BCUT2D eigenvalue weighted by atomic mass is 10.0. The van der Waals surface area contributed by atoms with Crippen LogP contribution in [0.4, 0.5) is 0 Å². The Hall–Kier alpha value is -3.36. The topological polar surface area (TPSA) is 108 Å². The Labute approximate surface area is 194 Å². The van der Waals surface area contributed by atoms with Crippen LogP contribution in [0.1, 0.15) is 11.1 Å². The molecule has 1 heterocycles. The SMILES string of the molecule is NC1=NC[C@H](Cc2ccc(O)cc2)N1C[C@H](Cc1ccccc1)NS(=O)(=O)c1ccccc1. The highest BCUT2D eigenvalue weighted by Gasteiger charge is 2.30. The molecule has 0 aliphatic carbocycles. The normalized spacial score (nSPS) is 17.0. The Balaban J connectivity index is 1.55. The molecule has 0 amide bonds. The summed E-state index contributed by atoms with van der Waals surface area (Å²) in [5, 5.41) is 9.55. The molecule has 0 saturated carbocycles. The third kappa shape index (κ3) is 5.91. The maximum Gasteiger partial charge on any atom is 0.240 e. The van der Waals surface area contributed by atoms with E-state index in [1.54, 1.807) is 42.5 Å². The smallest absolute Gasteiger partial charge is 0.240 e. The highest BCUT2D eigenvalue weighted by atomic mass is 32.2. The van der Waals surface area contributed by atoms with Crippen LogP contribution in [0.2, 0.25) is 0 Å². The molecule has 3 aromatic carbocycles. The zero-order chi connectivity index (χ0) is 23.3. The summed E-state index contributed by atoms with van der Waals surface area (Å²) in [4.78, 5) is 6.63. The van der Waals surface area contributed by atoms with E-state index in [2.05, 4.69) is 9.71 Å². The van der Waals surface area contributed by atoms with Crippen LogP contribution in [0.25, 0.3) is 0 Å². The lowest BCUT2D eigenvalue weighted by Gasteiger charge is -2.31. The van der Waals surface area contributed by atoms with E-state index >= 15 is 0 Å². The first-order chi connectivity index (χ1) is 15.9. The molecule has 4 rings (SSSR count). The molecule has 33 heavy (non-hydrogen) atoms. The molecule has 1 aliphatic rings. The molecule has 0 bridgehead atoms. The molecule has 2 atom stereocenters. The molecular weight excluding hydrogens is 436 g/mol. The van der Waals surface area contributed by atoms with Crippen molar-refractivity contribution in [1.29, 1.82) is 0 Å². The number of nitrogens with one attached hydrogen (secondary N) is 1. The predicted octanol–water partition coefficient (Wildman–Crippen LogP) is 2.52. The molecular formula is C25H28N4O3S. The van der Waals surface area contributed by atoms with Gasteiger partial charge in [-0.1, -0.05) is 60.7 Å². The van der Waals surface area contributed by atoms with E-state index in [0.717, 1.165) is 11.1 Å². The molecule has 0 unspecified atom stereocenters. The van der Waals surface area contributed by atoms with Crippen molar-refractivity contribution in [3.05, 3.63) is 96.1 Å². The van der Waals surface area contributed by atoms with Gasteiger partial charge in [-0.2, -0.15) is 0 Å². The van der Waals surface area contributed by atoms with Crippen LogP contribution in [0.3, 0.4) is 0 Å². The zero-order valence-corrected chi connectivity index (χ0v) is 19.0. The van der Waals surface area contributed by atoms with E-state index in [-0.39, 0.29) is 16.7 Å². The number of phenolic OH excluding ortho intramolecular Hbond substituents is 1. The van der Waals surface area contributed by atoms with Crippen molar-refractivity contribution in [2.24, 2.45) is 10.7 Å². The third-order valence-corrected chi connectivity index (χ3v) is 7.26. The van der Waals surface area contributed by atoms with E-state index < -0.39 is 16.1 Å². The fraction of sp³-hybridized carbons (Fsp3) is 0.240. The fourth-order valence-corrected chi connectivity index (χ4v) is 5.31. The van der Waals surface area contributed by atoms with Crippen molar-refractivity contribution in [3.8, 4) is 5.75 Å². The number of benzene rings is 3. The Kier molecular flexibility index (Phi) is 6.96. The summed E-state index contributed by atoms with van der Waals surface area (Å²) in [6.45, 7) is 0.926. The van der Waals surface area contributed by atoms with E-state index in [4.69, 9.17) is 5.73 Å². The molecule has 8 heteroatoms. The van der Waals surface area contributed by atoms with Crippen molar-refractivity contribution < 1.29 is 13.5 Å². The van der Waals surface area contributed by atoms with Gasteiger partial charge in [-0.05, 0) is 48.2 Å². The van der Waals surface area contributed by atoms with Crippen LogP contribution >= 0.6 is 0 Å². The van der Waals surface area contributed by atoms with Crippen molar-refractivity contribution in [3.63, 3.8) is 0 Å². The number of nitrogens with two attached hydrogens (primary N) is 1. The summed E-state index contributed by atoms with van der Waals surface area (Å²) in [5.74, 6) is 0.631. The Bertz CT molecular complexity index is 1180. The van der Waals surface area contributed by atoms with Gasteiger partial charge in [-0.15, -0.1) is 0 Å². The summed E-state index contributed by atoms with van der Waals surface area (Å²) in [6.07, 6.45) is 1.20. The number of aliphatic imine (C=N–C) groups is 1. The van der Waals surface area contributed by atoms with Crippen LogP contribution in [0.15, 0.2) is 94.8 Å². The second-order valence-corrected chi connectivity index (χ2v) is 9.91. The van der Waals surface area contributed by atoms with E-state index in [1.807, 2.05) is 47.4 Å². The summed E-state index contributed by atoms with van der Waals surface area (Å²) < 4.78 is 29.0. The van der Waals surface area contributed by atoms with Crippen LogP contribution in [-0.4, -0.2) is 49.6 Å². The summed E-state index contributed by atoms with van der Waals surface area (Å²) in [5.41, 5.74) is 8.31. The second-order valence-electron chi connectivity index (χ2n) is 8.20. The Morgan fingerprint density at radius 3 is 2.27 bits per heavy atom. The number of aromatic hydroxyl groups is 1. The lowest BCUT2D eigenvalue weighted by Crippen LogP contribution is -2.51. The van der Waals surface area contributed by atoms with Crippen LogP contribution < -0.4 is 10.5 Å². The van der Waals surface area contributed by atoms with Crippen LogP contribution in [0, 0.1) is 0 Å². The average Bonchev–Trinajstić information content (AvgIpc) is 3.15. The van der Waals surface area contributed by atoms with Gasteiger partial charge in [0.25, 0.3) is 0 Å². The van der Waals surface area contributed by atoms with E-state index in [1.165, 1.54) is 0 Å². The number of guanidine groups is 1. The molecule has 0 spiro atoms. The number of hydrogen-bond acceptors (Lipinski definition) is 6. The van der Waals surface area contributed by atoms with Gasteiger partial charge < -0.3 is 15.7 Å². The van der Waals surface area contributed by atoms with Crippen molar-refractivity contribution in [2.75, 3.05) is 13.1 Å². The summed E-state index contributed by atoms with van der Waals surface area (Å²) in [7, 11) is -3.70. The number of nitrogens with zero attached hydrogens (tertiary/aromatic N) is 2. The summed E-state index contributed by atoms with van der Waals surface area (Å²) in [6, 6.07) is 24.8. The van der Waals surface area contributed by atoms with Gasteiger partial charge in [0.15, 0.2) is 5.96 Å². The van der Waals surface area contributed by atoms with Gasteiger partial charge in [0.05, 0.1) is 17.5 Å². The first-order valence-electron chi connectivity index (χ1n) is 10.9. The fourth-order valence-electron chi connectivity index (χ4n) is 4.06. The minimum absolute atomic E-state index is 0.00838. The third-order valence-electron chi connectivity index (χ3n) is 5.72. The van der Waals surface area contributed by atoms with Crippen molar-refractivity contribution in [1.82, 2.24) is 9.62 Å². The largest absolute Gasteiger partial charge is 0.508 e. The van der Waals surface area contributed by atoms with Gasteiger partial charge in [-0.3, -0.25) is 4.99 Å². The molecule has 4 N–H and O–H groups in total. The zero-order valence-electron chi connectivity index (χ0n) is 18.2. The molecule has 172 valence electrons. The van der Waals surface area contributed by atoms with Gasteiger partial charge in [0, 0.05) is 12.6 Å². The lowest BCUT2D eigenvalue weighted by molar-refractivity contribution is 0.307. The number of sulfonamides is 1. The predicted molar refractivity (Wildman–Crippen MR) is 129 cm³/mol. The highest BCUT2D eigenvalue weighted by molar-refractivity contribution is 7.89. The number of rotatable bonds is 9. The molecule has 0 radical (unpaired) electrons. The molecule has 7 nitrogen and oxygen atoms in total. The van der Waals surface area contributed by atoms with Gasteiger partial charge in [-0.25, -0.2) is 13.1 Å². The Morgan fingerprint density at radius 1 is 0.970 bits per heavy atom. The molecule has 0 aromatic heterocycles. The molecule has 3 aromatic rings. The highest BCUT2D eigenvalue weighted by Crippen LogP contribution is 2.19. The average molecular weight is 465 g/mol. The van der Waals surface area contributed by atoms with Crippen LogP contribution in [-0.2, 0) is 22.9 Å². The first-order valence-corrected chi connectivity index (χ1v) is 12.3. The van der Waals surface area contributed by atoms with Gasteiger partial charge in [0.1, 0.15) is 5.75 Å². The summed E-state index contributed by atoms with van der Waals surface area (Å²) >= 11 is 0. The maximum absolute atomic E-state index is 13.1. The molecule has 0 saturated heterocycles. The number of hydrogen-bond donors (Lipinski definition) is 3. The Morgan fingerprint density at radius 2 is 1.61 bits per heavy atom. The minimum atomic E-state index is -3.70. The van der Waals surface area contributed by atoms with E-state index in [0.29, 0.717) is 31.9 Å². The van der Waals surface area contributed by atoms with E-state index in [9.17, 15) is 13.5 Å². The minimum Gasteiger partial charge on any atom is -0.508 e. The molecule has 0 fully saturated rings. The van der Waals surface area contributed by atoms with Gasteiger partial charge in [0.2, 0.25) is 10.0 Å². The molecule has 1 aliphatic heterocycles. The standard InChI is InChI=1S/C25H28N4O3S/c26-25-27-17-22(16-20-11-13-23(30)14-12-20)29(25)18-21(15-19-7-3-1-4-8-19)28-33(31,32)24-9-5-2-6-10-24/h1-14,21-22,28,30H,15-18H2,(H2,26,27)/t21-,22-/m0/s1. The van der Waals surface area contributed by atoms with Crippen molar-refractivity contribution in [2.45, 2.75) is 29.8 Å². The first kappa shape index (κ1) is 22.8.